The Kier molecular flexibility index (Phi) is 6.58. The molecule has 5 aromatic rings. The minimum absolute atomic E-state index is 0.00523. The monoisotopic (exact) mass is 551 g/mol. The lowest BCUT2D eigenvalue weighted by atomic mass is 9.69. The smallest absolute Gasteiger partial charge is 0.416 e. The van der Waals surface area contributed by atoms with Crippen LogP contribution in [0.15, 0.2) is 121 Å². The number of carbonyl (C=O) groups excluding carboxylic acids is 2. The molecule has 0 bridgehead atoms. The molecule has 0 aliphatic carbocycles. The van der Waals surface area contributed by atoms with Crippen LogP contribution in [0.4, 0.5) is 13.2 Å². The van der Waals surface area contributed by atoms with Gasteiger partial charge in [-0.3, -0.25) is 4.79 Å². The van der Waals surface area contributed by atoms with Gasteiger partial charge in [-0.25, -0.2) is 4.79 Å². The first-order valence-corrected chi connectivity index (χ1v) is 13.1. The van der Waals surface area contributed by atoms with E-state index in [1.165, 1.54) is 0 Å². The number of hydrogen-bond donors (Lipinski definition) is 1. The van der Waals surface area contributed by atoms with Gasteiger partial charge in [0.2, 0.25) is 0 Å². The maximum Gasteiger partial charge on any atom is 0.416 e. The first-order valence-electron chi connectivity index (χ1n) is 13.1. The summed E-state index contributed by atoms with van der Waals surface area (Å²) in [7, 11) is 0. The molecule has 7 heteroatoms. The molecule has 1 heterocycles. The molecule has 41 heavy (non-hydrogen) atoms. The van der Waals surface area contributed by atoms with E-state index < -0.39 is 35.1 Å². The summed E-state index contributed by atoms with van der Waals surface area (Å²) in [5.41, 5.74) is -0.204. The van der Waals surface area contributed by atoms with E-state index in [9.17, 15) is 22.8 Å². The van der Waals surface area contributed by atoms with Gasteiger partial charge in [-0.05, 0) is 40.8 Å². The Morgan fingerprint density at radius 1 is 0.780 bits per heavy atom. The van der Waals surface area contributed by atoms with E-state index in [0.29, 0.717) is 5.75 Å². The quantitative estimate of drug-likeness (QED) is 0.184. The van der Waals surface area contributed by atoms with E-state index >= 15 is 0 Å². The molecule has 0 spiro atoms. The van der Waals surface area contributed by atoms with Crippen molar-refractivity contribution in [3.8, 4) is 5.75 Å². The molecule has 1 aliphatic rings. The zero-order valence-corrected chi connectivity index (χ0v) is 21.7. The number of rotatable bonds is 5. The van der Waals surface area contributed by atoms with Gasteiger partial charge < -0.3 is 10.1 Å². The molecule has 1 aliphatic heterocycles. The highest BCUT2D eigenvalue weighted by Gasteiger charge is 2.54. The van der Waals surface area contributed by atoms with Gasteiger partial charge in [0.05, 0.1) is 5.56 Å². The topological polar surface area (TPSA) is 55.4 Å². The van der Waals surface area contributed by atoms with E-state index in [-0.39, 0.29) is 12.0 Å². The summed E-state index contributed by atoms with van der Waals surface area (Å²) in [6.45, 7) is 0. The molecule has 0 fully saturated rings. The lowest BCUT2D eigenvalue weighted by Crippen LogP contribution is -2.63. The Hall–Kier alpha value is -4.91. The predicted molar refractivity (Wildman–Crippen MR) is 150 cm³/mol. The largest absolute Gasteiger partial charge is 0.424 e. The molecule has 4 nitrogen and oxygen atoms in total. The average Bonchev–Trinajstić information content (AvgIpc) is 2.98. The Labute approximate surface area is 234 Å². The average molecular weight is 552 g/mol. The molecule has 0 saturated carbocycles. The summed E-state index contributed by atoms with van der Waals surface area (Å²) in [5.74, 6) is -1.58. The van der Waals surface area contributed by atoms with Gasteiger partial charge in [-0.2, -0.15) is 13.2 Å². The number of hydrogen-bond acceptors (Lipinski definition) is 3. The first kappa shape index (κ1) is 26.3. The molecular formula is C34H24F3NO3. The highest BCUT2D eigenvalue weighted by Crippen LogP contribution is 2.48. The normalized spacial score (nSPS) is 18.4. The zero-order chi connectivity index (χ0) is 28.6. The highest BCUT2D eigenvalue weighted by molar-refractivity contribution is 6.02. The minimum atomic E-state index is -4.54. The molecule has 1 N–H and O–H groups in total. The lowest BCUT2D eigenvalue weighted by Gasteiger charge is -2.44. The molecule has 1 amide bonds. The van der Waals surface area contributed by atoms with Crippen LogP contribution in [0.25, 0.3) is 10.8 Å². The van der Waals surface area contributed by atoms with Crippen LogP contribution in [0.3, 0.4) is 0 Å². The summed E-state index contributed by atoms with van der Waals surface area (Å²) in [4.78, 5) is 28.0. The minimum Gasteiger partial charge on any atom is -0.424 e. The van der Waals surface area contributed by atoms with Crippen molar-refractivity contribution in [2.75, 3.05) is 0 Å². The van der Waals surface area contributed by atoms with Crippen molar-refractivity contribution >= 4 is 22.6 Å². The number of esters is 1. The van der Waals surface area contributed by atoms with E-state index in [4.69, 9.17) is 4.74 Å². The van der Waals surface area contributed by atoms with E-state index in [0.717, 1.165) is 51.7 Å². The van der Waals surface area contributed by atoms with Gasteiger partial charge in [0.1, 0.15) is 5.75 Å². The standard InChI is InChI=1S/C34H24F3NO3/c35-34(36,37)26-18-15-25(16-19-26)31(39)38-33(21-22-9-3-1-4-10-22)29(24-12-5-2-6-13-24)28-20-17-23-11-7-8-14-27(23)30(28)41-32(33)40/h1-20,29H,21H2,(H,38,39)/t29-,33-/m0/s1. The number of benzene rings is 5. The van der Waals surface area contributed by atoms with Gasteiger partial charge >= 0.3 is 12.1 Å². The van der Waals surface area contributed by atoms with Crippen molar-refractivity contribution in [1.82, 2.24) is 5.32 Å². The van der Waals surface area contributed by atoms with Crippen LogP contribution in [-0.4, -0.2) is 17.4 Å². The van der Waals surface area contributed by atoms with Crippen molar-refractivity contribution in [3.05, 3.63) is 149 Å². The zero-order valence-electron chi connectivity index (χ0n) is 21.7. The van der Waals surface area contributed by atoms with Crippen molar-refractivity contribution < 1.29 is 27.5 Å². The number of amides is 1. The third kappa shape index (κ3) is 4.84. The number of fused-ring (bicyclic) bond motifs is 3. The summed E-state index contributed by atoms with van der Waals surface area (Å²) >= 11 is 0. The maximum atomic E-state index is 14.3. The first-order chi connectivity index (χ1) is 19.8. The second kappa shape index (κ2) is 10.2. The second-order valence-corrected chi connectivity index (χ2v) is 10.1. The van der Waals surface area contributed by atoms with Crippen LogP contribution in [0.1, 0.15) is 38.5 Å². The van der Waals surface area contributed by atoms with Crippen LogP contribution in [0.5, 0.6) is 5.75 Å². The van der Waals surface area contributed by atoms with Crippen molar-refractivity contribution in [1.29, 1.82) is 0 Å². The summed E-state index contributed by atoms with van der Waals surface area (Å²) in [6, 6.07) is 34.0. The number of alkyl halides is 3. The fourth-order valence-electron chi connectivity index (χ4n) is 5.62. The van der Waals surface area contributed by atoms with Gasteiger partial charge in [-0.15, -0.1) is 0 Å². The summed E-state index contributed by atoms with van der Waals surface area (Å²) < 4.78 is 45.6. The fourth-order valence-corrected chi connectivity index (χ4v) is 5.62. The molecule has 204 valence electrons. The lowest BCUT2D eigenvalue weighted by molar-refractivity contribution is -0.143. The Balaban J connectivity index is 1.54. The molecule has 5 aromatic carbocycles. The predicted octanol–water partition coefficient (Wildman–Crippen LogP) is 7.32. The number of nitrogens with one attached hydrogen (secondary N) is 1. The van der Waals surface area contributed by atoms with Crippen LogP contribution < -0.4 is 10.1 Å². The van der Waals surface area contributed by atoms with Gasteiger partial charge in [-0.1, -0.05) is 97.1 Å². The van der Waals surface area contributed by atoms with Gasteiger partial charge in [0, 0.05) is 28.9 Å². The number of ether oxygens (including phenoxy) is 1. The van der Waals surface area contributed by atoms with Crippen molar-refractivity contribution in [2.24, 2.45) is 0 Å². The van der Waals surface area contributed by atoms with Crippen molar-refractivity contribution in [3.63, 3.8) is 0 Å². The third-order valence-corrected chi connectivity index (χ3v) is 7.54. The Morgan fingerprint density at radius 3 is 2.10 bits per heavy atom. The third-order valence-electron chi connectivity index (χ3n) is 7.54. The molecule has 6 rings (SSSR count). The molecule has 0 aromatic heterocycles. The van der Waals surface area contributed by atoms with Crippen molar-refractivity contribution in [2.45, 2.75) is 24.1 Å². The molecule has 0 saturated heterocycles. The van der Waals surface area contributed by atoms with Crippen LogP contribution in [0, 0.1) is 0 Å². The molecule has 0 unspecified atom stereocenters. The van der Waals surface area contributed by atoms with Crippen LogP contribution in [-0.2, 0) is 17.4 Å². The summed E-state index contributed by atoms with van der Waals surface area (Å²) in [6.07, 6.45) is -4.45. The van der Waals surface area contributed by atoms with E-state index in [1.54, 1.807) is 0 Å². The Bertz CT molecular complexity index is 1740. The maximum absolute atomic E-state index is 14.3. The Morgan fingerprint density at radius 2 is 1.41 bits per heavy atom. The number of carbonyl (C=O) groups is 2. The van der Waals surface area contributed by atoms with Crippen LogP contribution in [0.2, 0.25) is 0 Å². The highest BCUT2D eigenvalue weighted by atomic mass is 19.4. The fraction of sp³-hybridized carbons (Fsp3) is 0.118. The van der Waals surface area contributed by atoms with E-state index in [1.807, 2.05) is 97.1 Å². The van der Waals surface area contributed by atoms with Crippen LogP contribution >= 0.6 is 0 Å². The molecular weight excluding hydrogens is 527 g/mol. The van der Waals surface area contributed by atoms with Gasteiger partial charge in [0.25, 0.3) is 5.91 Å². The van der Waals surface area contributed by atoms with E-state index in [2.05, 4.69) is 5.32 Å². The second-order valence-electron chi connectivity index (χ2n) is 10.1. The summed E-state index contributed by atoms with van der Waals surface area (Å²) in [5, 5.41) is 4.61. The molecule has 2 atom stereocenters. The SMILES string of the molecule is O=C(N[C@]1(Cc2ccccc2)C(=O)Oc2c(ccc3ccccc23)[C@@H]1c1ccccc1)c1ccc(C(F)(F)F)cc1. The number of halogens is 3. The van der Waals surface area contributed by atoms with Gasteiger partial charge in [0.15, 0.2) is 5.54 Å². The molecule has 0 radical (unpaired) electrons.